The number of unbranched alkanes of at least 4 members (excludes halogenated alkanes) is 3. The molecule has 1 saturated carbocycles. The molecule has 4 N–H and O–H groups in total. The molecule has 13 heteroatoms. The van der Waals surface area contributed by atoms with Gasteiger partial charge >= 0.3 is 5.69 Å². The number of nitrogens with zero attached hydrogens (tertiary/aromatic N) is 6. The first-order valence-electron chi connectivity index (χ1n) is 15.2. The Bertz CT molecular complexity index is 1470. The molecular formula is C30H40N10O3. The Hall–Kier alpha value is -4.55. The smallest absolute Gasteiger partial charge is 0.300 e. The van der Waals surface area contributed by atoms with Crippen LogP contribution in [0.5, 0.6) is 0 Å². The maximum Gasteiger partial charge on any atom is 0.300 e. The highest BCUT2D eigenvalue weighted by molar-refractivity contribution is 5.93. The number of hydrogen-bond donors (Lipinski definition) is 4. The van der Waals surface area contributed by atoms with E-state index in [0.717, 1.165) is 38.8 Å². The van der Waals surface area contributed by atoms with E-state index in [2.05, 4.69) is 77.7 Å². The lowest BCUT2D eigenvalue weighted by Crippen LogP contribution is -2.19. The summed E-state index contributed by atoms with van der Waals surface area (Å²) in [6.07, 6.45) is 10.4. The first kappa shape index (κ1) is 29.9. The summed E-state index contributed by atoms with van der Waals surface area (Å²) in [5.41, 5.74) is 3.49. The van der Waals surface area contributed by atoms with Crippen LogP contribution in [0, 0.1) is 23.0 Å². The van der Waals surface area contributed by atoms with Crippen molar-refractivity contribution < 1.29 is 9.55 Å². The van der Waals surface area contributed by atoms with Crippen molar-refractivity contribution in [1.29, 1.82) is 0 Å². The number of nitrogens with one attached hydrogen (secondary N) is 4. The molecule has 0 bridgehead atoms. The average molecular weight is 589 g/mol. The molecule has 1 fully saturated rings. The number of non-ortho nitro benzene ring substituents is 1. The zero-order valence-electron chi connectivity index (χ0n) is 24.6. The fourth-order valence-corrected chi connectivity index (χ4v) is 5.30. The maximum absolute atomic E-state index is 11.2. The van der Waals surface area contributed by atoms with Gasteiger partial charge in [-0.25, -0.2) is 4.63 Å². The highest BCUT2D eigenvalue weighted by Crippen LogP contribution is 2.28. The van der Waals surface area contributed by atoms with Crippen molar-refractivity contribution in [1.82, 2.24) is 25.3 Å². The van der Waals surface area contributed by atoms with Crippen molar-refractivity contribution in [2.24, 2.45) is 5.92 Å². The summed E-state index contributed by atoms with van der Waals surface area (Å²) >= 11 is 0. The second-order valence-electron chi connectivity index (χ2n) is 11.1. The number of fused-ring (bicyclic) bond motifs is 1. The van der Waals surface area contributed by atoms with Gasteiger partial charge in [-0.3, -0.25) is 10.1 Å². The van der Waals surface area contributed by atoms with Gasteiger partial charge in [-0.1, -0.05) is 61.9 Å². The van der Waals surface area contributed by atoms with Crippen LogP contribution in [0.4, 0.5) is 29.2 Å². The molecule has 2 aromatic carbocycles. The number of aromatic nitrogens is 5. The Morgan fingerprint density at radius 3 is 2.16 bits per heavy atom. The Labute approximate surface area is 250 Å². The molecule has 1 aliphatic carbocycles. The first-order valence-corrected chi connectivity index (χ1v) is 15.2. The summed E-state index contributed by atoms with van der Waals surface area (Å²) in [7, 11) is 0. The SMILES string of the molecule is Cc1ccc(CNc2nc(NCCCCCCNc3ccc([N+](=O)[O-])c4nonc34)nc(NCC3CCCCC3)n2)cc1. The Balaban J connectivity index is 1.07. The lowest BCUT2D eigenvalue weighted by Gasteiger charge is -2.21. The number of rotatable bonds is 16. The van der Waals surface area contributed by atoms with Gasteiger partial charge in [0.05, 0.1) is 10.6 Å². The molecular weight excluding hydrogens is 548 g/mol. The van der Waals surface area contributed by atoms with Crippen molar-refractivity contribution in [3.05, 3.63) is 57.6 Å². The van der Waals surface area contributed by atoms with E-state index in [1.165, 1.54) is 49.3 Å². The third-order valence-corrected chi connectivity index (χ3v) is 7.77. The minimum atomic E-state index is -0.487. The van der Waals surface area contributed by atoms with E-state index in [4.69, 9.17) is 4.63 Å². The van der Waals surface area contributed by atoms with Crippen LogP contribution in [0.15, 0.2) is 41.0 Å². The first-order chi connectivity index (χ1) is 21.0. The van der Waals surface area contributed by atoms with E-state index in [-0.39, 0.29) is 11.2 Å². The molecule has 4 aromatic rings. The fourth-order valence-electron chi connectivity index (χ4n) is 5.30. The predicted octanol–water partition coefficient (Wildman–Crippen LogP) is 6.31. The lowest BCUT2D eigenvalue weighted by atomic mass is 9.89. The third-order valence-electron chi connectivity index (χ3n) is 7.77. The molecule has 0 spiro atoms. The number of anilines is 4. The van der Waals surface area contributed by atoms with Gasteiger partial charge in [0.1, 0.15) is 0 Å². The second kappa shape index (κ2) is 15.1. The minimum Gasteiger partial charge on any atom is -0.383 e. The number of nitro benzene ring substituents is 1. The van der Waals surface area contributed by atoms with Crippen LogP contribution in [-0.2, 0) is 6.54 Å². The van der Waals surface area contributed by atoms with E-state index in [1.807, 2.05) is 0 Å². The molecule has 5 rings (SSSR count). The van der Waals surface area contributed by atoms with Gasteiger partial charge in [0.25, 0.3) is 0 Å². The Kier molecular flexibility index (Phi) is 10.5. The van der Waals surface area contributed by atoms with Gasteiger partial charge in [0, 0.05) is 32.2 Å². The minimum absolute atomic E-state index is 0.117. The zero-order valence-corrected chi connectivity index (χ0v) is 24.6. The van der Waals surface area contributed by atoms with E-state index >= 15 is 0 Å². The molecule has 2 aromatic heterocycles. The van der Waals surface area contributed by atoms with E-state index in [1.54, 1.807) is 6.07 Å². The molecule has 43 heavy (non-hydrogen) atoms. The van der Waals surface area contributed by atoms with E-state index in [9.17, 15) is 10.1 Å². The fraction of sp³-hybridized carbons (Fsp3) is 0.500. The van der Waals surface area contributed by atoms with Crippen LogP contribution in [0.25, 0.3) is 11.0 Å². The number of benzene rings is 2. The summed E-state index contributed by atoms with van der Waals surface area (Å²) in [5, 5.41) is 32.2. The highest BCUT2D eigenvalue weighted by atomic mass is 16.6. The summed E-state index contributed by atoms with van der Waals surface area (Å²) in [5.74, 6) is 2.39. The third kappa shape index (κ3) is 8.72. The topological polar surface area (TPSA) is 169 Å². The van der Waals surface area contributed by atoms with Gasteiger partial charge < -0.3 is 21.3 Å². The molecule has 228 valence electrons. The Morgan fingerprint density at radius 1 is 0.791 bits per heavy atom. The summed E-state index contributed by atoms with van der Waals surface area (Å²) in [6.45, 7) is 5.07. The van der Waals surface area contributed by atoms with Crippen LogP contribution in [0.1, 0.15) is 68.9 Å². The van der Waals surface area contributed by atoms with Crippen LogP contribution >= 0.6 is 0 Å². The van der Waals surface area contributed by atoms with Crippen molar-refractivity contribution in [2.75, 3.05) is 40.9 Å². The van der Waals surface area contributed by atoms with E-state index < -0.39 is 4.92 Å². The summed E-state index contributed by atoms with van der Waals surface area (Å²) < 4.78 is 4.72. The summed E-state index contributed by atoms with van der Waals surface area (Å²) in [6, 6.07) is 11.5. The van der Waals surface area contributed by atoms with Crippen LogP contribution in [0.3, 0.4) is 0 Å². The lowest BCUT2D eigenvalue weighted by molar-refractivity contribution is -0.383. The molecule has 13 nitrogen and oxygen atoms in total. The van der Waals surface area contributed by atoms with Gasteiger partial charge in [0.15, 0.2) is 5.52 Å². The van der Waals surface area contributed by atoms with Gasteiger partial charge in [-0.2, -0.15) is 15.0 Å². The molecule has 0 atom stereocenters. The monoisotopic (exact) mass is 588 g/mol. The molecule has 2 heterocycles. The number of aryl methyl sites for hydroxylation is 1. The molecule has 0 amide bonds. The average Bonchev–Trinajstić information content (AvgIpc) is 3.52. The van der Waals surface area contributed by atoms with Gasteiger partial charge in [0.2, 0.25) is 23.4 Å². The maximum atomic E-state index is 11.2. The normalized spacial score (nSPS) is 13.6. The number of hydrogen-bond acceptors (Lipinski definition) is 12. The summed E-state index contributed by atoms with van der Waals surface area (Å²) in [4.78, 5) is 24.6. The second-order valence-corrected chi connectivity index (χ2v) is 11.1. The van der Waals surface area contributed by atoms with Crippen molar-refractivity contribution in [2.45, 2.75) is 71.3 Å². The van der Waals surface area contributed by atoms with Crippen molar-refractivity contribution in [3.8, 4) is 0 Å². The van der Waals surface area contributed by atoms with Crippen molar-refractivity contribution in [3.63, 3.8) is 0 Å². The molecule has 0 aliphatic heterocycles. The predicted molar refractivity (Wildman–Crippen MR) is 167 cm³/mol. The standard InChI is InChI=1S/C30H40N10O3/c1-21-11-13-23(14-12-21)20-34-30-36-28(35-29(37-30)33-19-22-9-5-4-6-10-22)32-18-8-3-2-7-17-31-24-15-16-25(40(41)42)27-26(24)38-43-39-27/h11-16,22,31H,2-10,17-20H2,1H3,(H3,32,33,34,35,36,37). The van der Waals surface area contributed by atoms with Crippen LogP contribution < -0.4 is 21.3 Å². The molecule has 0 saturated heterocycles. The highest BCUT2D eigenvalue weighted by Gasteiger charge is 2.19. The van der Waals surface area contributed by atoms with Crippen LogP contribution in [0.2, 0.25) is 0 Å². The molecule has 0 radical (unpaired) electrons. The molecule has 1 aliphatic rings. The molecule has 0 unspecified atom stereocenters. The largest absolute Gasteiger partial charge is 0.383 e. The Morgan fingerprint density at radius 2 is 1.44 bits per heavy atom. The van der Waals surface area contributed by atoms with Gasteiger partial charge in [-0.05, 0) is 60.5 Å². The quantitative estimate of drug-likeness (QED) is 0.0654. The van der Waals surface area contributed by atoms with E-state index in [0.29, 0.717) is 48.1 Å². The van der Waals surface area contributed by atoms with Gasteiger partial charge in [-0.15, -0.1) is 0 Å². The number of nitro groups is 1. The zero-order chi connectivity index (χ0) is 29.9. The van der Waals surface area contributed by atoms with Crippen LogP contribution in [-0.4, -0.2) is 49.8 Å². The van der Waals surface area contributed by atoms with Crippen molar-refractivity contribution >= 4 is 40.3 Å².